The molecule has 2 atom stereocenters. The Balaban J connectivity index is 1.99. The number of imidazole rings is 1. The van der Waals surface area contributed by atoms with Crippen molar-refractivity contribution in [3.05, 3.63) is 12.7 Å². The van der Waals surface area contributed by atoms with E-state index in [0.717, 1.165) is 6.42 Å². The first-order chi connectivity index (χ1) is 8.29. The number of aliphatic hydroxyl groups is 1. The Bertz CT molecular complexity index is 540. The van der Waals surface area contributed by atoms with Crippen LogP contribution >= 0.6 is 0 Å². The molecule has 0 aliphatic carbocycles. The van der Waals surface area contributed by atoms with E-state index in [4.69, 9.17) is 15.6 Å². The second kappa shape index (κ2) is 3.94. The van der Waals surface area contributed by atoms with Crippen LogP contribution in [-0.2, 0) is 4.74 Å². The minimum Gasteiger partial charge on any atom is -0.394 e. The average Bonchev–Trinajstić information content (AvgIpc) is 2.94. The van der Waals surface area contributed by atoms with Crippen molar-refractivity contribution in [2.24, 2.45) is 0 Å². The van der Waals surface area contributed by atoms with E-state index >= 15 is 0 Å². The third-order valence-corrected chi connectivity index (χ3v) is 3.04. The minimum absolute atomic E-state index is 0.0419. The molecule has 1 aliphatic rings. The molecule has 3 N–H and O–H groups in total. The molecule has 90 valence electrons. The van der Waals surface area contributed by atoms with Gasteiger partial charge in [-0.15, -0.1) is 0 Å². The number of nitrogens with two attached hydrogens (primary N) is 1. The maximum absolute atomic E-state index is 9.04. The van der Waals surface area contributed by atoms with Crippen molar-refractivity contribution < 1.29 is 9.84 Å². The SMILES string of the molecule is Nc1ncnc2c1ncn2C1CO[C@@H](CO)C1. The summed E-state index contributed by atoms with van der Waals surface area (Å²) in [6.45, 7) is 0.598. The molecular formula is C10H13N5O2. The van der Waals surface area contributed by atoms with E-state index in [9.17, 15) is 0 Å². The fourth-order valence-electron chi connectivity index (χ4n) is 2.15. The molecule has 2 aromatic heterocycles. The second-order valence-corrected chi connectivity index (χ2v) is 4.11. The summed E-state index contributed by atoms with van der Waals surface area (Å²) in [5.41, 5.74) is 7.05. The van der Waals surface area contributed by atoms with Crippen molar-refractivity contribution in [3.8, 4) is 0 Å². The van der Waals surface area contributed by atoms with Gasteiger partial charge in [0.1, 0.15) is 11.8 Å². The van der Waals surface area contributed by atoms with Gasteiger partial charge in [-0.05, 0) is 6.42 Å². The van der Waals surface area contributed by atoms with Gasteiger partial charge in [-0.3, -0.25) is 0 Å². The van der Waals surface area contributed by atoms with Gasteiger partial charge in [0.2, 0.25) is 0 Å². The van der Waals surface area contributed by atoms with Gasteiger partial charge in [0.25, 0.3) is 0 Å². The van der Waals surface area contributed by atoms with E-state index in [1.54, 1.807) is 6.33 Å². The van der Waals surface area contributed by atoms with Crippen molar-refractivity contribution in [2.45, 2.75) is 18.6 Å². The Morgan fingerprint density at radius 2 is 2.35 bits per heavy atom. The van der Waals surface area contributed by atoms with Crippen molar-refractivity contribution in [2.75, 3.05) is 18.9 Å². The molecule has 0 bridgehead atoms. The molecule has 0 radical (unpaired) electrons. The van der Waals surface area contributed by atoms with Gasteiger partial charge in [0, 0.05) is 0 Å². The number of anilines is 1. The van der Waals surface area contributed by atoms with Gasteiger partial charge >= 0.3 is 0 Å². The summed E-state index contributed by atoms with van der Waals surface area (Å²) in [6.07, 6.45) is 3.78. The van der Waals surface area contributed by atoms with Gasteiger partial charge < -0.3 is 20.1 Å². The number of nitrogen functional groups attached to an aromatic ring is 1. The van der Waals surface area contributed by atoms with E-state index in [1.807, 2.05) is 4.57 Å². The first kappa shape index (κ1) is 10.4. The number of hydrogen-bond donors (Lipinski definition) is 2. The fourth-order valence-corrected chi connectivity index (χ4v) is 2.15. The predicted octanol–water partition coefficient (Wildman–Crippen LogP) is -0.269. The first-order valence-corrected chi connectivity index (χ1v) is 5.45. The zero-order chi connectivity index (χ0) is 11.8. The summed E-state index contributed by atoms with van der Waals surface area (Å²) >= 11 is 0. The van der Waals surface area contributed by atoms with Gasteiger partial charge in [0.05, 0.1) is 31.7 Å². The maximum atomic E-state index is 9.04. The van der Waals surface area contributed by atoms with Gasteiger partial charge in [-0.1, -0.05) is 0 Å². The normalized spacial score (nSPS) is 24.5. The lowest BCUT2D eigenvalue weighted by Gasteiger charge is -2.10. The quantitative estimate of drug-likeness (QED) is 0.743. The van der Waals surface area contributed by atoms with E-state index in [2.05, 4.69) is 15.0 Å². The van der Waals surface area contributed by atoms with Crippen molar-refractivity contribution in [1.29, 1.82) is 0 Å². The lowest BCUT2D eigenvalue weighted by molar-refractivity contribution is 0.0576. The molecule has 1 saturated heterocycles. The monoisotopic (exact) mass is 235 g/mol. The third-order valence-electron chi connectivity index (χ3n) is 3.04. The van der Waals surface area contributed by atoms with E-state index in [1.165, 1.54) is 6.33 Å². The van der Waals surface area contributed by atoms with Crippen LogP contribution in [0, 0.1) is 0 Å². The standard InChI is InChI=1S/C10H13N5O2/c11-9-8-10(13-4-12-9)15(5-14-8)6-1-7(2-16)17-3-6/h4-7,16H,1-3H2,(H2,11,12,13)/t6?,7-/m1/s1. The van der Waals surface area contributed by atoms with Gasteiger partial charge in [0.15, 0.2) is 11.5 Å². The van der Waals surface area contributed by atoms with Crippen LogP contribution in [-0.4, -0.2) is 43.9 Å². The summed E-state index contributed by atoms with van der Waals surface area (Å²) < 4.78 is 7.38. The van der Waals surface area contributed by atoms with Crippen molar-refractivity contribution in [1.82, 2.24) is 19.5 Å². The molecule has 1 aliphatic heterocycles. The van der Waals surface area contributed by atoms with E-state index in [0.29, 0.717) is 23.6 Å². The lowest BCUT2D eigenvalue weighted by Crippen LogP contribution is -2.11. The molecule has 7 heteroatoms. The fraction of sp³-hybridized carbons (Fsp3) is 0.500. The molecule has 2 aromatic rings. The highest BCUT2D eigenvalue weighted by Gasteiger charge is 2.27. The molecule has 17 heavy (non-hydrogen) atoms. The second-order valence-electron chi connectivity index (χ2n) is 4.11. The molecule has 0 aromatic carbocycles. The number of aliphatic hydroxyl groups excluding tert-OH is 1. The zero-order valence-corrected chi connectivity index (χ0v) is 9.15. The van der Waals surface area contributed by atoms with Crippen LogP contribution in [0.1, 0.15) is 12.5 Å². The number of nitrogens with zero attached hydrogens (tertiary/aromatic N) is 4. The highest BCUT2D eigenvalue weighted by Crippen LogP contribution is 2.27. The molecule has 0 spiro atoms. The largest absolute Gasteiger partial charge is 0.394 e. The Hall–Kier alpha value is -1.73. The molecule has 3 heterocycles. The number of fused-ring (bicyclic) bond motifs is 1. The predicted molar refractivity (Wildman–Crippen MR) is 60.2 cm³/mol. The van der Waals surface area contributed by atoms with Crippen LogP contribution in [0.3, 0.4) is 0 Å². The average molecular weight is 235 g/mol. The molecule has 0 amide bonds. The van der Waals surface area contributed by atoms with E-state index < -0.39 is 0 Å². The highest BCUT2D eigenvalue weighted by atomic mass is 16.5. The molecule has 3 rings (SSSR count). The molecule has 7 nitrogen and oxygen atoms in total. The smallest absolute Gasteiger partial charge is 0.165 e. The van der Waals surface area contributed by atoms with Crippen LogP contribution in [0.2, 0.25) is 0 Å². The van der Waals surface area contributed by atoms with Crippen LogP contribution in [0.15, 0.2) is 12.7 Å². The highest BCUT2D eigenvalue weighted by molar-refractivity contribution is 5.81. The summed E-state index contributed by atoms with van der Waals surface area (Å²) in [4.78, 5) is 12.3. The Labute approximate surface area is 97.3 Å². The van der Waals surface area contributed by atoms with Crippen molar-refractivity contribution >= 4 is 17.0 Å². The van der Waals surface area contributed by atoms with Crippen LogP contribution < -0.4 is 5.73 Å². The number of aromatic nitrogens is 4. The van der Waals surface area contributed by atoms with Crippen LogP contribution in [0.25, 0.3) is 11.2 Å². The van der Waals surface area contributed by atoms with Crippen LogP contribution in [0.5, 0.6) is 0 Å². The topological polar surface area (TPSA) is 99.1 Å². The van der Waals surface area contributed by atoms with Crippen molar-refractivity contribution in [3.63, 3.8) is 0 Å². The van der Waals surface area contributed by atoms with Gasteiger partial charge in [-0.25, -0.2) is 15.0 Å². The molecule has 0 saturated carbocycles. The maximum Gasteiger partial charge on any atom is 0.165 e. The molecule has 1 unspecified atom stereocenters. The van der Waals surface area contributed by atoms with E-state index in [-0.39, 0.29) is 18.8 Å². The number of ether oxygens (including phenoxy) is 1. The summed E-state index contributed by atoms with van der Waals surface area (Å²) in [5, 5.41) is 9.04. The summed E-state index contributed by atoms with van der Waals surface area (Å²) in [7, 11) is 0. The van der Waals surface area contributed by atoms with Crippen LogP contribution in [0.4, 0.5) is 5.82 Å². The zero-order valence-electron chi connectivity index (χ0n) is 9.15. The Kier molecular flexibility index (Phi) is 2.41. The third kappa shape index (κ3) is 1.63. The van der Waals surface area contributed by atoms with Gasteiger partial charge in [-0.2, -0.15) is 0 Å². The number of hydrogen-bond acceptors (Lipinski definition) is 6. The number of rotatable bonds is 2. The summed E-state index contributed by atoms with van der Waals surface area (Å²) in [5.74, 6) is 0.381. The first-order valence-electron chi connectivity index (χ1n) is 5.45. The molecule has 1 fully saturated rings. The summed E-state index contributed by atoms with van der Waals surface area (Å²) in [6, 6.07) is 0.145. The lowest BCUT2D eigenvalue weighted by atomic mass is 10.2. The Morgan fingerprint density at radius 1 is 1.47 bits per heavy atom. The minimum atomic E-state index is -0.100. The molecular weight excluding hydrogens is 222 g/mol. The Morgan fingerprint density at radius 3 is 3.12 bits per heavy atom.